The number of rotatable bonds is 4. The van der Waals surface area contributed by atoms with Crippen LogP contribution in [-0.2, 0) is 10.0 Å². The summed E-state index contributed by atoms with van der Waals surface area (Å²) >= 11 is 0. The highest BCUT2D eigenvalue weighted by molar-refractivity contribution is 7.89. The van der Waals surface area contributed by atoms with Crippen molar-refractivity contribution in [1.82, 2.24) is 4.31 Å². The van der Waals surface area contributed by atoms with E-state index in [-0.39, 0.29) is 6.04 Å². The van der Waals surface area contributed by atoms with Crippen LogP contribution in [0.1, 0.15) is 32.3 Å². The molecule has 1 aliphatic heterocycles. The van der Waals surface area contributed by atoms with E-state index < -0.39 is 10.0 Å². The molecule has 0 saturated carbocycles. The molecule has 0 N–H and O–H groups in total. The van der Waals surface area contributed by atoms with Crippen molar-refractivity contribution < 1.29 is 13.2 Å². The Hall–Kier alpha value is -1.07. The predicted octanol–water partition coefficient (Wildman–Crippen LogP) is 2.81. The van der Waals surface area contributed by atoms with E-state index >= 15 is 0 Å². The Bertz CT molecular complexity index is 581. The van der Waals surface area contributed by atoms with Crippen molar-refractivity contribution in [3.05, 3.63) is 23.8 Å². The summed E-state index contributed by atoms with van der Waals surface area (Å²) in [4.78, 5) is 0.364. The number of sulfonamides is 1. The van der Waals surface area contributed by atoms with E-state index in [0.29, 0.717) is 23.1 Å². The number of nitrogens with zero attached hydrogens (tertiary/aromatic N) is 1. The Morgan fingerprint density at radius 1 is 1.35 bits per heavy atom. The molecule has 1 saturated heterocycles. The summed E-state index contributed by atoms with van der Waals surface area (Å²) in [5.41, 5.74) is 0.842. The average molecular weight is 297 g/mol. The first-order chi connectivity index (χ1) is 9.37. The number of ether oxygens (including phenoxy) is 1. The van der Waals surface area contributed by atoms with Crippen LogP contribution in [0.15, 0.2) is 23.1 Å². The van der Waals surface area contributed by atoms with E-state index in [0.717, 1.165) is 18.4 Å². The van der Waals surface area contributed by atoms with E-state index in [1.807, 2.05) is 6.92 Å². The molecule has 1 atom stereocenters. The molecular weight excluding hydrogens is 274 g/mol. The van der Waals surface area contributed by atoms with Gasteiger partial charge in [-0.2, -0.15) is 4.31 Å². The van der Waals surface area contributed by atoms with Crippen LogP contribution in [-0.4, -0.2) is 32.4 Å². The molecule has 0 bridgehead atoms. The highest BCUT2D eigenvalue weighted by Crippen LogP contribution is 2.31. The molecule has 0 radical (unpaired) electrons. The first-order valence-corrected chi connectivity index (χ1v) is 8.48. The second kappa shape index (κ2) is 5.74. The Morgan fingerprint density at radius 2 is 2.05 bits per heavy atom. The van der Waals surface area contributed by atoms with Gasteiger partial charge in [0.2, 0.25) is 10.0 Å². The zero-order chi connectivity index (χ0) is 14.9. The van der Waals surface area contributed by atoms with Crippen molar-refractivity contribution in [2.24, 2.45) is 5.92 Å². The number of aryl methyl sites for hydroxylation is 1. The molecule has 1 aromatic rings. The zero-order valence-electron chi connectivity index (χ0n) is 12.6. The summed E-state index contributed by atoms with van der Waals surface area (Å²) in [5, 5.41) is 0. The van der Waals surface area contributed by atoms with Crippen molar-refractivity contribution >= 4 is 10.0 Å². The lowest BCUT2D eigenvalue weighted by Gasteiger charge is -2.27. The third-order valence-corrected chi connectivity index (χ3v) is 5.91. The van der Waals surface area contributed by atoms with Crippen molar-refractivity contribution in [3.8, 4) is 5.75 Å². The van der Waals surface area contributed by atoms with Gasteiger partial charge in [-0.3, -0.25) is 0 Å². The van der Waals surface area contributed by atoms with Gasteiger partial charge in [-0.05, 0) is 49.4 Å². The van der Waals surface area contributed by atoms with Crippen LogP contribution in [0.3, 0.4) is 0 Å². The van der Waals surface area contributed by atoms with Crippen LogP contribution in [0.2, 0.25) is 0 Å². The monoisotopic (exact) mass is 297 g/mol. The van der Waals surface area contributed by atoms with Crippen LogP contribution in [0.4, 0.5) is 0 Å². The van der Waals surface area contributed by atoms with E-state index in [2.05, 4.69) is 13.8 Å². The molecule has 2 rings (SSSR count). The van der Waals surface area contributed by atoms with E-state index in [9.17, 15) is 8.42 Å². The molecule has 20 heavy (non-hydrogen) atoms. The average Bonchev–Trinajstić information content (AvgIpc) is 2.88. The molecular formula is C15H23NO3S. The van der Waals surface area contributed by atoms with Crippen molar-refractivity contribution in [2.45, 2.75) is 44.6 Å². The second-order valence-corrected chi connectivity index (χ2v) is 7.59. The van der Waals surface area contributed by atoms with Gasteiger partial charge in [0.05, 0.1) is 12.0 Å². The molecule has 1 aliphatic rings. The van der Waals surface area contributed by atoms with Crippen LogP contribution in [0.5, 0.6) is 5.75 Å². The van der Waals surface area contributed by atoms with Gasteiger partial charge in [-0.1, -0.05) is 13.8 Å². The fourth-order valence-corrected chi connectivity index (χ4v) is 4.79. The lowest BCUT2D eigenvalue weighted by molar-refractivity contribution is 0.315. The SMILES string of the molecule is COc1ccc(S(=O)(=O)N2CCCC2C(C)C)cc1C. The van der Waals surface area contributed by atoms with Crippen LogP contribution in [0, 0.1) is 12.8 Å². The maximum absolute atomic E-state index is 12.8. The maximum atomic E-state index is 12.8. The minimum Gasteiger partial charge on any atom is -0.496 e. The summed E-state index contributed by atoms with van der Waals surface area (Å²) in [6, 6.07) is 5.17. The third kappa shape index (κ3) is 2.69. The molecule has 0 spiro atoms. The van der Waals surface area contributed by atoms with Gasteiger partial charge >= 0.3 is 0 Å². The normalized spacial score (nSPS) is 20.6. The second-order valence-electron chi connectivity index (χ2n) is 5.70. The van der Waals surface area contributed by atoms with Gasteiger partial charge in [0.25, 0.3) is 0 Å². The summed E-state index contributed by atoms with van der Waals surface area (Å²) < 4.78 is 32.4. The van der Waals surface area contributed by atoms with E-state index in [1.54, 1.807) is 29.6 Å². The smallest absolute Gasteiger partial charge is 0.243 e. The van der Waals surface area contributed by atoms with E-state index in [4.69, 9.17) is 4.74 Å². The summed E-state index contributed by atoms with van der Waals surface area (Å²) in [5.74, 6) is 1.05. The zero-order valence-corrected chi connectivity index (χ0v) is 13.4. The molecule has 5 heteroatoms. The highest BCUT2D eigenvalue weighted by atomic mass is 32.2. The maximum Gasteiger partial charge on any atom is 0.243 e. The largest absolute Gasteiger partial charge is 0.496 e. The van der Waals surface area contributed by atoms with Gasteiger partial charge in [-0.25, -0.2) is 8.42 Å². The Morgan fingerprint density at radius 3 is 2.60 bits per heavy atom. The molecule has 0 aliphatic carbocycles. The van der Waals surface area contributed by atoms with E-state index in [1.165, 1.54) is 0 Å². The summed E-state index contributed by atoms with van der Waals surface area (Å²) in [7, 11) is -1.81. The van der Waals surface area contributed by atoms with Crippen LogP contribution < -0.4 is 4.74 Å². The van der Waals surface area contributed by atoms with Gasteiger partial charge in [0.1, 0.15) is 5.75 Å². The quantitative estimate of drug-likeness (QED) is 0.858. The number of benzene rings is 1. The topological polar surface area (TPSA) is 46.6 Å². The molecule has 1 unspecified atom stereocenters. The van der Waals surface area contributed by atoms with Crippen LogP contribution >= 0.6 is 0 Å². The minimum absolute atomic E-state index is 0.113. The molecule has 112 valence electrons. The summed E-state index contributed by atoms with van der Waals surface area (Å²) in [6.45, 7) is 6.65. The molecule has 1 fully saturated rings. The summed E-state index contributed by atoms with van der Waals surface area (Å²) in [6.07, 6.45) is 1.89. The fourth-order valence-electron chi connectivity index (χ4n) is 2.88. The number of methoxy groups -OCH3 is 1. The first-order valence-electron chi connectivity index (χ1n) is 7.04. The van der Waals surface area contributed by atoms with Gasteiger partial charge in [-0.15, -0.1) is 0 Å². The molecule has 0 amide bonds. The first kappa shape index (κ1) is 15.3. The van der Waals surface area contributed by atoms with Crippen molar-refractivity contribution in [3.63, 3.8) is 0 Å². The lowest BCUT2D eigenvalue weighted by Crippen LogP contribution is -2.38. The third-order valence-electron chi connectivity index (χ3n) is 3.99. The van der Waals surface area contributed by atoms with Crippen molar-refractivity contribution in [1.29, 1.82) is 0 Å². The predicted molar refractivity (Wildman–Crippen MR) is 79.5 cm³/mol. The Balaban J connectivity index is 2.37. The minimum atomic E-state index is -3.40. The Kier molecular flexibility index (Phi) is 4.39. The highest BCUT2D eigenvalue weighted by Gasteiger charge is 2.36. The van der Waals surface area contributed by atoms with Gasteiger partial charge in [0.15, 0.2) is 0 Å². The molecule has 0 aromatic heterocycles. The fraction of sp³-hybridized carbons (Fsp3) is 0.600. The Labute approximate surface area is 121 Å². The van der Waals surface area contributed by atoms with Crippen molar-refractivity contribution in [2.75, 3.05) is 13.7 Å². The molecule has 1 aromatic carbocycles. The van der Waals surface area contributed by atoms with Gasteiger partial charge < -0.3 is 4.74 Å². The molecule has 1 heterocycles. The number of hydrogen-bond donors (Lipinski definition) is 0. The lowest BCUT2D eigenvalue weighted by atomic mass is 10.0. The number of hydrogen-bond acceptors (Lipinski definition) is 3. The van der Waals surface area contributed by atoms with Crippen LogP contribution in [0.25, 0.3) is 0 Å². The standard InChI is InChI=1S/C15H23NO3S/c1-11(2)14-6-5-9-16(14)20(17,18)13-7-8-15(19-4)12(3)10-13/h7-8,10-11,14H,5-6,9H2,1-4H3. The molecule has 4 nitrogen and oxygen atoms in total. The van der Waals surface area contributed by atoms with Gasteiger partial charge in [0, 0.05) is 12.6 Å².